The third kappa shape index (κ3) is 9.48. The zero-order valence-corrected chi connectivity index (χ0v) is 28.1. The maximum absolute atomic E-state index is 9.96. The molecular weight excluding hydrogens is 671 g/mol. The van der Waals surface area contributed by atoms with Crippen LogP contribution in [0.25, 0.3) is 22.2 Å². The van der Waals surface area contributed by atoms with Crippen molar-refractivity contribution in [2.45, 2.75) is 124 Å². The fourth-order valence-electron chi connectivity index (χ4n) is 6.43. The first-order valence-electron chi connectivity index (χ1n) is 15.6. The standard InChI is InChI=1S/C23H24N.C13H28O2.Ir/c1-16-13-17(2)15-19(14-16)22-12-11-21-20(9-6-10-23(21)24-22)18-7-4-3-5-8-18;1-5-10(6-2)12(14)9-13(15)11(7-3)8-4;/h6,9-14,18H,3-5,7-8H2,1-2H3;10-15H,5-9H2,1-4H3;/q-1;;. The minimum atomic E-state index is -0.337. The molecule has 3 aromatic rings. The van der Waals surface area contributed by atoms with Gasteiger partial charge in [0, 0.05) is 25.5 Å². The zero-order valence-electron chi connectivity index (χ0n) is 25.7. The van der Waals surface area contributed by atoms with Gasteiger partial charge in [0.05, 0.1) is 17.7 Å². The molecule has 0 bridgehead atoms. The summed E-state index contributed by atoms with van der Waals surface area (Å²) in [5.41, 5.74) is 7.16. The van der Waals surface area contributed by atoms with Gasteiger partial charge in [0.2, 0.25) is 0 Å². The SMILES string of the molecule is CCC(CC)C(O)CC(O)C(CC)CC.Cc1[c-]c(-c2ccc3c(C4CCCCC4)cccc3n2)cc(C)c1.[Ir]. The summed E-state index contributed by atoms with van der Waals surface area (Å²) in [5, 5.41) is 21.2. The molecule has 2 unspecified atom stereocenters. The maximum atomic E-state index is 9.96. The average molecular weight is 723 g/mol. The third-order valence-electron chi connectivity index (χ3n) is 8.90. The van der Waals surface area contributed by atoms with Crippen molar-refractivity contribution >= 4 is 10.9 Å². The summed E-state index contributed by atoms with van der Waals surface area (Å²) < 4.78 is 0. The van der Waals surface area contributed by atoms with Gasteiger partial charge in [-0.1, -0.05) is 111 Å². The van der Waals surface area contributed by atoms with Crippen LogP contribution in [0, 0.1) is 31.7 Å². The summed E-state index contributed by atoms with van der Waals surface area (Å²) in [5.74, 6) is 1.39. The topological polar surface area (TPSA) is 53.4 Å². The summed E-state index contributed by atoms with van der Waals surface area (Å²) in [6.07, 6.45) is 10.6. The van der Waals surface area contributed by atoms with E-state index < -0.39 is 0 Å². The molecule has 1 aromatic heterocycles. The Morgan fingerprint density at radius 1 is 0.825 bits per heavy atom. The van der Waals surface area contributed by atoms with E-state index in [0.717, 1.165) is 42.5 Å². The fraction of sp³-hybridized carbons (Fsp3) is 0.583. The van der Waals surface area contributed by atoms with Crippen LogP contribution in [0.2, 0.25) is 0 Å². The van der Waals surface area contributed by atoms with E-state index in [1.165, 1.54) is 54.2 Å². The van der Waals surface area contributed by atoms with E-state index in [0.29, 0.717) is 24.2 Å². The monoisotopic (exact) mass is 723 g/mol. The maximum Gasteiger partial charge on any atom is 0.0598 e. The van der Waals surface area contributed by atoms with Gasteiger partial charge >= 0.3 is 0 Å². The Morgan fingerprint density at radius 2 is 1.43 bits per heavy atom. The van der Waals surface area contributed by atoms with E-state index in [1.54, 1.807) is 0 Å². The molecule has 0 saturated heterocycles. The second-order valence-electron chi connectivity index (χ2n) is 11.7. The van der Waals surface area contributed by atoms with Crippen LogP contribution in [0.4, 0.5) is 0 Å². The van der Waals surface area contributed by atoms with Crippen molar-refractivity contribution in [2.75, 3.05) is 0 Å². The van der Waals surface area contributed by atoms with Crippen LogP contribution < -0.4 is 0 Å². The minimum absolute atomic E-state index is 0. The molecule has 1 radical (unpaired) electrons. The van der Waals surface area contributed by atoms with Gasteiger partial charge in [-0.3, -0.25) is 4.98 Å². The molecular formula is C36H52IrNO2-. The number of hydrogen-bond donors (Lipinski definition) is 2. The van der Waals surface area contributed by atoms with Crippen molar-refractivity contribution in [1.82, 2.24) is 4.98 Å². The van der Waals surface area contributed by atoms with E-state index in [4.69, 9.17) is 4.98 Å². The van der Waals surface area contributed by atoms with Crippen LogP contribution in [0.1, 0.15) is 115 Å². The van der Waals surface area contributed by atoms with Crippen molar-refractivity contribution < 1.29 is 30.3 Å². The quantitative estimate of drug-likeness (QED) is 0.205. The van der Waals surface area contributed by atoms with Crippen molar-refractivity contribution in [1.29, 1.82) is 0 Å². The average Bonchev–Trinajstić information content (AvgIpc) is 2.94. The predicted octanol–water partition coefficient (Wildman–Crippen LogP) is 9.33. The van der Waals surface area contributed by atoms with Gasteiger partial charge in [0.15, 0.2) is 0 Å². The first-order chi connectivity index (χ1) is 18.8. The Bertz CT molecular complexity index is 1110. The van der Waals surface area contributed by atoms with Crippen LogP contribution in [0.5, 0.6) is 0 Å². The second kappa shape index (κ2) is 17.4. The predicted molar refractivity (Wildman–Crippen MR) is 166 cm³/mol. The molecule has 2 N–H and O–H groups in total. The van der Waals surface area contributed by atoms with Crippen LogP contribution >= 0.6 is 0 Å². The molecule has 1 heterocycles. The molecule has 1 aliphatic carbocycles. The number of aryl methyl sites for hydroxylation is 2. The van der Waals surface area contributed by atoms with Gasteiger partial charge in [-0.15, -0.1) is 34.9 Å². The van der Waals surface area contributed by atoms with Crippen LogP contribution in [-0.4, -0.2) is 27.4 Å². The molecule has 4 rings (SSSR count). The first-order valence-corrected chi connectivity index (χ1v) is 15.6. The van der Waals surface area contributed by atoms with E-state index in [-0.39, 0.29) is 32.3 Å². The van der Waals surface area contributed by atoms with Gasteiger partial charge in [-0.2, -0.15) is 0 Å². The first kappa shape index (κ1) is 34.6. The molecule has 223 valence electrons. The number of fused-ring (bicyclic) bond motifs is 1. The Balaban J connectivity index is 0.000000307. The number of nitrogens with zero attached hydrogens (tertiary/aromatic N) is 1. The van der Waals surface area contributed by atoms with E-state index in [9.17, 15) is 10.2 Å². The molecule has 1 fully saturated rings. The van der Waals surface area contributed by atoms with E-state index in [1.807, 2.05) is 0 Å². The normalized spacial score (nSPS) is 15.4. The Morgan fingerprint density at radius 3 is 1.98 bits per heavy atom. The fourth-order valence-corrected chi connectivity index (χ4v) is 6.43. The summed E-state index contributed by atoms with van der Waals surface area (Å²) in [4.78, 5) is 4.95. The summed E-state index contributed by atoms with van der Waals surface area (Å²) in [7, 11) is 0. The molecule has 2 aromatic carbocycles. The number of aliphatic hydroxyl groups is 2. The van der Waals surface area contributed by atoms with E-state index >= 15 is 0 Å². The molecule has 1 saturated carbocycles. The summed E-state index contributed by atoms with van der Waals surface area (Å²) in [6, 6.07) is 18.8. The second-order valence-corrected chi connectivity index (χ2v) is 11.7. The Labute approximate surface area is 257 Å². The summed E-state index contributed by atoms with van der Waals surface area (Å²) in [6.45, 7) is 12.6. The summed E-state index contributed by atoms with van der Waals surface area (Å²) >= 11 is 0. The van der Waals surface area contributed by atoms with Crippen molar-refractivity contribution in [2.24, 2.45) is 11.8 Å². The number of hydrogen-bond acceptors (Lipinski definition) is 3. The van der Waals surface area contributed by atoms with Crippen molar-refractivity contribution in [3.05, 3.63) is 65.2 Å². The molecule has 1 aliphatic rings. The number of aliphatic hydroxyl groups excluding tert-OH is 2. The molecule has 3 nitrogen and oxygen atoms in total. The van der Waals surface area contributed by atoms with Crippen molar-refractivity contribution in [3.63, 3.8) is 0 Å². The minimum Gasteiger partial charge on any atom is -0.393 e. The molecule has 0 amide bonds. The third-order valence-corrected chi connectivity index (χ3v) is 8.90. The van der Waals surface area contributed by atoms with E-state index in [2.05, 4.69) is 90.1 Å². The smallest absolute Gasteiger partial charge is 0.0598 e. The molecule has 0 spiro atoms. The number of rotatable bonds is 10. The van der Waals surface area contributed by atoms with Crippen LogP contribution in [0.15, 0.2) is 42.5 Å². The Hall–Kier alpha value is -1.58. The largest absolute Gasteiger partial charge is 0.393 e. The van der Waals surface area contributed by atoms with Gasteiger partial charge in [0.1, 0.15) is 0 Å². The molecule has 4 heteroatoms. The van der Waals surface area contributed by atoms with Gasteiger partial charge in [-0.05, 0) is 54.3 Å². The van der Waals surface area contributed by atoms with Crippen LogP contribution in [0.3, 0.4) is 0 Å². The number of aromatic nitrogens is 1. The van der Waals surface area contributed by atoms with Gasteiger partial charge in [0.25, 0.3) is 0 Å². The molecule has 2 atom stereocenters. The molecule has 40 heavy (non-hydrogen) atoms. The number of pyridine rings is 1. The number of benzene rings is 2. The van der Waals surface area contributed by atoms with Gasteiger partial charge in [-0.25, -0.2) is 0 Å². The van der Waals surface area contributed by atoms with Gasteiger partial charge < -0.3 is 10.2 Å². The molecule has 0 aliphatic heterocycles. The zero-order chi connectivity index (χ0) is 28.4. The Kier molecular flexibility index (Phi) is 15.1. The van der Waals surface area contributed by atoms with Crippen LogP contribution in [-0.2, 0) is 20.1 Å². The van der Waals surface area contributed by atoms with Crippen molar-refractivity contribution in [3.8, 4) is 11.3 Å².